The minimum absolute atomic E-state index is 0.226. The molecule has 0 fully saturated rings. The fraction of sp³-hybridized carbons (Fsp3) is 0.176. The van der Waals surface area contributed by atoms with Crippen LogP contribution >= 0.6 is 0 Å². The van der Waals surface area contributed by atoms with Crippen molar-refractivity contribution >= 4 is 23.2 Å². The number of anilines is 3. The summed E-state index contributed by atoms with van der Waals surface area (Å²) in [4.78, 5) is 20.8. The Kier molecular flexibility index (Phi) is 4.60. The van der Waals surface area contributed by atoms with Gasteiger partial charge in [0, 0.05) is 17.8 Å². The highest BCUT2D eigenvalue weighted by Gasteiger charge is 2.13. The van der Waals surface area contributed by atoms with Crippen molar-refractivity contribution in [3.8, 4) is 5.75 Å². The van der Waals surface area contributed by atoms with Crippen LogP contribution in [0.3, 0.4) is 0 Å². The molecule has 0 bridgehead atoms. The highest BCUT2D eigenvalue weighted by molar-refractivity contribution is 6.02. The van der Waals surface area contributed by atoms with Crippen molar-refractivity contribution in [3.05, 3.63) is 53.7 Å². The van der Waals surface area contributed by atoms with E-state index in [2.05, 4.69) is 25.8 Å². The fourth-order valence-corrected chi connectivity index (χ4v) is 2.18. The predicted molar refractivity (Wildman–Crippen MR) is 92.2 cm³/mol. The van der Waals surface area contributed by atoms with Crippen LogP contribution < -0.4 is 15.4 Å². The van der Waals surface area contributed by atoms with Gasteiger partial charge >= 0.3 is 0 Å². The largest absolute Gasteiger partial charge is 0.497 e. The summed E-state index contributed by atoms with van der Waals surface area (Å²) in [6.45, 7) is 3.46. The summed E-state index contributed by atoms with van der Waals surface area (Å²) in [7, 11) is 1.61. The molecule has 8 heteroatoms. The van der Waals surface area contributed by atoms with E-state index in [0.29, 0.717) is 23.2 Å². The number of hydrogen-bond acceptors (Lipinski definition) is 7. The average molecular weight is 339 g/mol. The summed E-state index contributed by atoms with van der Waals surface area (Å²) < 4.78 is 10.1. The van der Waals surface area contributed by atoms with Gasteiger partial charge in [0.2, 0.25) is 0 Å². The molecule has 0 aliphatic carbocycles. The van der Waals surface area contributed by atoms with E-state index in [-0.39, 0.29) is 5.69 Å². The molecular weight excluding hydrogens is 322 g/mol. The second-order valence-corrected chi connectivity index (χ2v) is 5.32. The SMILES string of the molecule is COc1ccc(Nc2cc(C(=O)Nc3cc(C)on3)nc(C)n2)cc1. The Balaban J connectivity index is 1.78. The first-order valence-electron chi connectivity index (χ1n) is 7.55. The molecule has 1 aromatic carbocycles. The molecule has 0 atom stereocenters. The molecule has 0 spiro atoms. The Morgan fingerprint density at radius 1 is 1.08 bits per heavy atom. The number of aromatic nitrogens is 3. The third-order valence-corrected chi connectivity index (χ3v) is 3.30. The van der Waals surface area contributed by atoms with Gasteiger partial charge < -0.3 is 19.9 Å². The highest BCUT2D eigenvalue weighted by atomic mass is 16.5. The van der Waals surface area contributed by atoms with E-state index in [1.54, 1.807) is 33.1 Å². The number of nitrogens with zero attached hydrogens (tertiary/aromatic N) is 3. The molecule has 3 aromatic rings. The van der Waals surface area contributed by atoms with Gasteiger partial charge in [0.25, 0.3) is 5.91 Å². The first kappa shape index (κ1) is 16.4. The number of carbonyl (C=O) groups is 1. The second-order valence-electron chi connectivity index (χ2n) is 5.32. The van der Waals surface area contributed by atoms with Crippen LogP contribution in [0.25, 0.3) is 0 Å². The molecule has 8 nitrogen and oxygen atoms in total. The number of rotatable bonds is 5. The van der Waals surface area contributed by atoms with Gasteiger partial charge in [0.1, 0.15) is 28.8 Å². The topological polar surface area (TPSA) is 102 Å². The Hall–Kier alpha value is -3.42. The molecule has 0 aliphatic heterocycles. The van der Waals surface area contributed by atoms with Crippen molar-refractivity contribution in [1.29, 1.82) is 0 Å². The van der Waals surface area contributed by atoms with E-state index in [0.717, 1.165) is 11.4 Å². The van der Waals surface area contributed by atoms with Gasteiger partial charge in [-0.25, -0.2) is 9.97 Å². The summed E-state index contributed by atoms with van der Waals surface area (Å²) in [5.41, 5.74) is 1.04. The number of amides is 1. The van der Waals surface area contributed by atoms with Gasteiger partial charge in [0.05, 0.1) is 7.11 Å². The number of nitrogens with one attached hydrogen (secondary N) is 2. The smallest absolute Gasteiger partial charge is 0.275 e. The molecule has 0 unspecified atom stereocenters. The van der Waals surface area contributed by atoms with Crippen LogP contribution in [0.5, 0.6) is 5.75 Å². The molecule has 0 saturated carbocycles. The normalized spacial score (nSPS) is 10.4. The number of aryl methyl sites for hydroxylation is 2. The van der Waals surface area contributed by atoms with Crippen LogP contribution in [0.2, 0.25) is 0 Å². The van der Waals surface area contributed by atoms with Crippen LogP contribution in [0.1, 0.15) is 22.1 Å². The van der Waals surface area contributed by atoms with Crippen molar-refractivity contribution in [3.63, 3.8) is 0 Å². The van der Waals surface area contributed by atoms with E-state index < -0.39 is 5.91 Å². The Labute approximate surface area is 144 Å². The molecule has 25 heavy (non-hydrogen) atoms. The summed E-state index contributed by atoms with van der Waals surface area (Å²) in [6, 6.07) is 10.6. The monoisotopic (exact) mass is 339 g/mol. The molecule has 2 heterocycles. The lowest BCUT2D eigenvalue weighted by atomic mass is 10.3. The van der Waals surface area contributed by atoms with Crippen LogP contribution in [0, 0.1) is 13.8 Å². The van der Waals surface area contributed by atoms with Gasteiger partial charge in [-0.1, -0.05) is 5.16 Å². The van der Waals surface area contributed by atoms with Gasteiger partial charge in [0.15, 0.2) is 5.82 Å². The lowest BCUT2D eigenvalue weighted by Crippen LogP contribution is -2.15. The summed E-state index contributed by atoms with van der Waals surface area (Å²) in [6.07, 6.45) is 0. The maximum atomic E-state index is 12.3. The number of hydrogen-bond donors (Lipinski definition) is 2. The minimum atomic E-state index is -0.392. The molecule has 128 valence electrons. The number of carbonyl (C=O) groups excluding carboxylic acids is 1. The van der Waals surface area contributed by atoms with Crippen molar-refractivity contribution in [1.82, 2.24) is 15.1 Å². The van der Waals surface area contributed by atoms with E-state index >= 15 is 0 Å². The Bertz CT molecular complexity index is 890. The zero-order valence-corrected chi connectivity index (χ0v) is 14.0. The Morgan fingerprint density at radius 3 is 2.48 bits per heavy atom. The molecule has 0 radical (unpaired) electrons. The quantitative estimate of drug-likeness (QED) is 0.736. The third kappa shape index (κ3) is 4.11. The van der Waals surface area contributed by atoms with Gasteiger partial charge in [-0.2, -0.15) is 0 Å². The summed E-state index contributed by atoms with van der Waals surface area (Å²) in [5.74, 6) is 2.29. The number of methoxy groups -OCH3 is 1. The maximum absolute atomic E-state index is 12.3. The van der Waals surface area contributed by atoms with Crippen LogP contribution in [-0.4, -0.2) is 28.1 Å². The minimum Gasteiger partial charge on any atom is -0.497 e. The molecule has 3 rings (SSSR count). The first-order valence-corrected chi connectivity index (χ1v) is 7.55. The zero-order valence-electron chi connectivity index (χ0n) is 14.0. The number of ether oxygens (including phenoxy) is 1. The van der Waals surface area contributed by atoms with Gasteiger partial charge in [-0.3, -0.25) is 4.79 Å². The van der Waals surface area contributed by atoms with Crippen molar-refractivity contribution in [2.24, 2.45) is 0 Å². The predicted octanol–water partition coefficient (Wildman–Crippen LogP) is 3.09. The van der Waals surface area contributed by atoms with E-state index in [9.17, 15) is 4.79 Å². The number of benzene rings is 1. The van der Waals surface area contributed by atoms with E-state index in [1.807, 2.05) is 24.3 Å². The maximum Gasteiger partial charge on any atom is 0.275 e. The standard InChI is InChI=1S/C17H17N5O3/c1-10-8-16(22-25-10)21-17(23)14-9-15(19-11(2)18-14)20-12-4-6-13(24-3)7-5-12/h4-9H,1-3H3,(H,18,19,20)(H,21,22,23). The van der Waals surface area contributed by atoms with Gasteiger partial charge in [-0.15, -0.1) is 0 Å². The average Bonchev–Trinajstić information content (AvgIpc) is 3.00. The van der Waals surface area contributed by atoms with E-state index in [1.165, 1.54) is 0 Å². The molecule has 0 saturated heterocycles. The van der Waals surface area contributed by atoms with Crippen LogP contribution in [-0.2, 0) is 0 Å². The first-order chi connectivity index (χ1) is 12.0. The van der Waals surface area contributed by atoms with Crippen LogP contribution in [0.4, 0.5) is 17.3 Å². The van der Waals surface area contributed by atoms with Gasteiger partial charge in [-0.05, 0) is 38.1 Å². The van der Waals surface area contributed by atoms with Crippen molar-refractivity contribution < 1.29 is 14.1 Å². The van der Waals surface area contributed by atoms with Crippen molar-refractivity contribution in [2.75, 3.05) is 17.7 Å². The lowest BCUT2D eigenvalue weighted by molar-refractivity contribution is 0.102. The summed E-state index contributed by atoms with van der Waals surface area (Å²) >= 11 is 0. The van der Waals surface area contributed by atoms with E-state index in [4.69, 9.17) is 9.26 Å². The molecule has 2 aromatic heterocycles. The lowest BCUT2D eigenvalue weighted by Gasteiger charge is -2.09. The van der Waals surface area contributed by atoms with Crippen molar-refractivity contribution in [2.45, 2.75) is 13.8 Å². The Morgan fingerprint density at radius 2 is 1.84 bits per heavy atom. The highest BCUT2D eigenvalue weighted by Crippen LogP contribution is 2.19. The molecule has 2 N–H and O–H groups in total. The molecule has 1 amide bonds. The third-order valence-electron chi connectivity index (χ3n) is 3.30. The molecular formula is C17H17N5O3. The van der Waals surface area contributed by atoms with Crippen LogP contribution in [0.15, 0.2) is 40.9 Å². The molecule has 0 aliphatic rings. The summed E-state index contributed by atoms with van der Waals surface area (Å²) in [5, 5.41) is 9.50. The second kappa shape index (κ2) is 7.00. The fourth-order valence-electron chi connectivity index (χ4n) is 2.18. The zero-order chi connectivity index (χ0) is 17.8.